The molecule has 158 valence electrons. The summed E-state index contributed by atoms with van der Waals surface area (Å²) >= 11 is 0. The van der Waals surface area contributed by atoms with Crippen molar-refractivity contribution in [3.8, 4) is 11.1 Å². The first kappa shape index (κ1) is 20.1. The summed E-state index contributed by atoms with van der Waals surface area (Å²) < 4.78 is 39.6. The van der Waals surface area contributed by atoms with Gasteiger partial charge in [-0.2, -0.15) is 23.0 Å². The summed E-state index contributed by atoms with van der Waals surface area (Å²) in [5, 5.41) is 15.8. The number of fused-ring (bicyclic) bond motifs is 1. The van der Waals surface area contributed by atoms with Crippen LogP contribution >= 0.6 is 0 Å². The fourth-order valence-electron chi connectivity index (χ4n) is 3.07. The Morgan fingerprint density at radius 3 is 2.71 bits per heavy atom. The highest BCUT2D eigenvalue weighted by Crippen LogP contribution is 2.28. The maximum atomic E-state index is 12.5. The lowest BCUT2D eigenvalue weighted by Crippen LogP contribution is -2.33. The van der Waals surface area contributed by atoms with Gasteiger partial charge in [0, 0.05) is 35.6 Å². The third-order valence-corrected chi connectivity index (χ3v) is 4.43. The number of carbonyl (C=O) groups is 1. The van der Waals surface area contributed by atoms with E-state index in [2.05, 4.69) is 14.9 Å². The smallest absolute Gasteiger partial charge is 0.326 e. The van der Waals surface area contributed by atoms with Crippen molar-refractivity contribution in [2.75, 3.05) is 0 Å². The molecule has 0 radical (unpaired) electrons. The largest absolute Gasteiger partial charge is 0.493 e. The molecule has 0 aliphatic heterocycles. The van der Waals surface area contributed by atoms with Gasteiger partial charge in [-0.1, -0.05) is 18.2 Å². The van der Waals surface area contributed by atoms with E-state index in [0.717, 1.165) is 6.20 Å². The number of alkyl halides is 3. The lowest BCUT2D eigenvalue weighted by atomic mass is 10.1. The van der Waals surface area contributed by atoms with Crippen molar-refractivity contribution in [3.63, 3.8) is 0 Å². The molecule has 4 aromatic rings. The van der Waals surface area contributed by atoms with E-state index in [1.807, 2.05) is 0 Å². The van der Waals surface area contributed by atoms with E-state index in [9.17, 15) is 28.1 Å². The van der Waals surface area contributed by atoms with E-state index < -0.39 is 17.1 Å². The highest BCUT2D eigenvalue weighted by Gasteiger charge is 2.42. The van der Waals surface area contributed by atoms with Gasteiger partial charge >= 0.3 is 12.1 Å². The summed E-state index contributed by atoms with van der Waals surface area (Å²) in [6, 6.07) is 9.37. The topological polar surface area (TPSA) is 105 Å². The molecule has 0 atom stereocenters. The average Bonchev–Trinajstić information content (AvgIpc) is 3.35. The number of nitrogens with zero attached hydrogens (tertiary/aromatic N) is 5. The van der Waals surface area contributed by atoms with E-state index >= 15 is 0 Å². The molecular weight excluding hydrogens is 419 g/mol. The number of carbonyl (C=O) groups excluding carboxylic acids is 1. The molecule has 3 heterocycles. The number of para-hydroxylation sites is 1. The quantitative estimate of drug-likeness (QED) is 0.354. The third-order valence-electron chi connectivity index (χ3n) is 4.43. The number of pyridine rings is 1. The van der Waals surface area contributed by atoms with Crippen molar-refractivity contribution < 1.29 is 27.7 Å². The number of hydrogen-bond donors (Lipinski definition) is 0. The minimum Gasteiger partial charge on any atom is -0.326 e. The maximum Gasteiger partial charge on any atom is 0.493 e. The van der Waals surface area contributed by atoms with Crippen LogP contribution in [-0.2, 0) is 11.3 Å². The van der Waals surface area contributed by atoms with Crippen LogP contribution in [-0.4, -0.2) is 36.6 Å². The summed E-state index contributed by atoms with van der Waals surface area (Å²) in [4.78, 5) is 30.2. The van der Waals surface area contributed by atoms with Crippen LogP contribution in [0.15, 0.2) is 61.2 Å². The summed E-state index contributed by atoms with van der Waals surface area (Å²) in [6.45, 7) is 0.148. The number of benzene rings is 1. The molecule has 0 unspecified atom stereocenters. The molecule has 0 amide bonds. The summed E-state index contributed by atoms with van der Waals surface area (Å²) in [6.07, 6.45) is 0.528. The molecule has 31 heavy (non-hydrogen) atoms. The van der Waals surface area contributed by atoms with Gasteiger partial charge in [-0.25, -0.2) is 9.78 Å². The molecule has 0 aliphatic rings. The van der Waals surface area contributed by atoms with Crippen LogP contribution in [0.25, 0.3) is 22.2 Å². The second-order valence-electron chi connectivity index (χ2n) is 6.43. The zero-order chi connectivity index (χ0) is 22.2. The van der Waals surface area contributed by atoms with Crippen molar-refractivity contribution in [3.05, 3.63) is 76.9 Å². The van der Waals surface area contributed by atoms with Crippen LogP contribution in [0.5, 0.6) is 0 Å². The van der Waals surface area contributed by atoms with Crippen molar-refractivity contribution in [1.29, 1.82) is 0 Å². The first-order valence-corrected chi connectivity index (χ1v) is 8.75. The number of nitro groups is 1. The zero-order valence-electron chi connectivity index (χ0n) is 15.5. The molecule has 9 nitrogen and oxygen atoms in total. The van der Waals surface area contributed by atoms with E-state index in [0.29, 0.717) is 26.8 Å². The molecular formula is C19H12F3N5O4. The van der Waals surface area contributed by atoms with Gasteiger partial charge < -0.3 is 4.84 Å². The maximum absolute atomic E-state index is 12.5. The normalized spacial score (nSPS) is 11.6. The van der Waals surface area contributed by atoms with Gasteiger partial charge in [-0.05, 0) is 17.7 Å². The summed E-state index contributed by atoms with van der Waals surface area (Å²) in [5.41, 5.74) is 1.63. The molecule has 1 aromatic carbocycles. The van der Waals surface area contributed by atoms with Gasteiger partial charge in [0.15, 0.2) is 5.65 Å². The van der Waals surface area contributed by atoms with Crippen molar-refractivity contribution >= 4 is 22.7 Å². The van der Waals surface area contributed by atoms with Gasteiger partial charge in [0.25, 0.3) is 5.69 Å². The van der Waals surface area contributed by atoms with Crippen LogP contribution in [0.3, 0.4) is 0 Å². The standard InChI is InChI=1S/C19H12F3N5O4/c20-19(21,22)18(28)31-26-8-6-15-14(5-7-23-17(15)26)13-9-24-25(11-13)10-12-3-1-2-4-16(12)27(29)30/h1-9,11H,10H2. The lowest BCUT2D eigenvalue weighted by molar-refractivity contribution is -0.385. The molecule has 0 bridgehead atoms. The lowest BCUT2D eigenvalue weighted by Gasteiger charge is -2.08. The molecule has 0 saturated carbocycles. The Kier molecular flexibility index (Phi) is 4.89. The molecule has 0 saturated heterocycles. The highest BCUT2D eigenvalue weighted by molar-refractivity contribution is 5.93. The van der Waals surface area contributed by atoms with E-state index in [-0.39, 0.29) is 17.9 Å². The van der Waals surface area contributed by atoms with Gasteiger partial charge in [0.05, 0.1) is 23.2 Å². The fraction of sp³-hybridized carbons (Fsp3) is 0.105. The third kappa shape index (κ3) is 3.95. The second kappa shape index (κ2) is 7.55. The van der Waals surface area contributed by atoms with Gasteiger partial charge in [-0.3, -0.25) is 14.8 Å². The van der Waals surface area contributed by atoms with Crippen LogP contribution in [0.4, 0.5) is 18.9 Å². The minimum atomic E-state index is -5.14. The summed E-state index contributed by atoms with van der Waals surface area (Å²) in [7, 11) is 0. The Morgan fingerprint density at radius 1 is 1.19 bits per heavy atom. The first-order valence-electron chi connectivity index (χ1n) is 8.75. The zero-order valence-corrected chi connectivity index (χ0v) is 15.5. The van der Waals surface area contributed by atoms with Gasteiger partial charge in [0.2, 0.25) is 0 Å². The Morgan fingerprint density at radius 2 is 1.97 bits per heavy atom. The fourth-order valence-corrected chi connectivity index (χ4v) is 3.07. The van der Waals surface area contributed by atoms with Crippen LogP contribution in [0.2, 0.25) is 0 Å². The molecule has 3 aromatic heterocycles. The Bertz CT molecular complexity index is 1300. The Hall–Kier alpha value is -4.22. The predicted octanol–water partition coefficient (Wildman–Crippen LogP) is 3.37. The predicted molar refractivity (Wildman–Crippen MR) is 101 cm³/mol. The summed E-state index contributed by atoms with van der Waals surface area (Å²) in [5.74, 6) is -2.37. The number of hydrogen-bond acceptors (Lipinski definition) is 6. The van der Waals surface area contributed by atoms with Crippen LogP contribution < -0.4 is 4.84 Å². The Labute approximate surface area is 171 Å². The molecule has 4 rings (SSSR count). The van der Waals surface area contributed by atoms with Crippen molar-refractivity contribution in [2.24, 2.45) is 0 Å². The number of halogens is 3. The number of rotatable bonds is 5. The molecule has 0 N–H and O–H groups in total. The van der Waals surface area contributed by atoms with Crippen molar-refractivity contribution in [1.82, 2.24) is 19.5 Å². The van der Waals surface area contributed by atoms with E-state index in [4.69, 9.17) is 0 Å². The molecule has 12 heteroatoms. The first-order chi connectivity index (χ1) is 14.7. The monoisotopic (exact) mass is 431 g/mol. The molecule has 0 fully saturated rings. The van der Waals surface area contributed by atoms with Gasteiger partial charge in [0.1, 0.15) is 0 Å². The molecule has 0 spiro atoms. The number of aromatic nitrogens is 4. The van der Waals surface area contributed by atoms with Crippen molar-refractivity contribution in [2.45, 2.75) is 12.7 Å². The second-order valence-corrected chi connectivity index (χ2v) is 6.43. The minimum absolute atomic E-state index is 0.0153. The van der Waals surface area contributed by atoms with Crippen LogP contribution in [0.1, 0.15) is 5.56 Å². The van der Waals surface area contributed by atoms with E-state index in [1.54, 1.807) is 30.5 Å². The SMILES string of the molecule is O=C(On1ccc2c(-c3cnn(Cc4ccccc4[N+](=O)[O-])c3)ccnc21)C(F)(F)F. The number of nitro benzene ring substituents is 1. The van der Waals surface area contributed by atoms with E-state index in [1.165, 1.54) is 29.2 Å². The van der Waals surface area contributed by atoms with Gasteiger partial charge in [-0.15, -0.1) is 0 Å². The Balaban J connectivity index is 1.64. The molecule has 0 aliphatic carbocycles. The highest BCUT2D eigenvalue weighted by atomic mass is 19.4. The van der Waals surface area contributed by atoms with Crippen LogP contribution in [0, 0.1) is 10.1 Å². The average molecular weight is 431 g/mol.